The van der Waals surface area contributed by atoms with Gasteiger partial charge in [0.15, 0.2) is 0 Å². The molecular formula is C24H22ClFN4O2. The third-order valence-corrected chi connectivity index (χ3v) is 5.53. The fraction of sp³-hybridized carbons (Fsp3) is 0.208. The Morgan fingerprint density at radius 1 is 1.16 bits per heavy atom. The first-order valence-electron chi connectivity index (χ1n) is 10.1. The van der Waals surface area contributed by atoms with Crippen molar-refractivity contribution < 1.29 is 9.18 Å². The van der Waals surface area contributed by atoms with Gasteiger partial charge in [0.1, 0.15) is 12.2 Å². The lowest BCUT2D eigenvalue weighted by molar-refractivity contribution is -0.128. The molecule has 6 nitrogen and oxygen atoms in total. The summed E-state index contributed by atoms with van der Waals surface area (Å²) in [5, 5.41) is 6.50. The summed E-state index contributed by atoms with van der Waals surface area (Å²) in [6.45, 7) is -0.324. The topological polar surface area (TPSA) is 60.1 Å². The maximum Gasteiger partial charge on any atom is 0.296 e. The van der Waals surface area contributed by atoms with Gasteiger partial charge in [0.05, 0.1) is 23.3 Å². The molecule has 0 aliphatic rings. The summed E-state index contributed by atoms with van der Waals surface area (Å²) >= 11 is 6.26. The van der Waals surface area contributed by atoms with Crippen LogP contribution in [0.3, 0.4) is 0 Å². The molecular weight excluding hydrogens is 431 g/mol. The van der Waals surface area contributed by atoms with Crippen LogP contribution in [0.1, 0.15) is 5.69 Å². The Labute approximate surface area is 189 Å². The average Bonchev–Trinajstić information content (AvgIpc) is 3.10. The highest BCUT2D eigenvalue weighted by atomic mass is 35.5. The Hall–Kier alpha value is -3.45. The lowest BCUT2D eigenvalue weighted by atomic mass is 10.1. The summed E-state index contributed by atoms with van der Waals surface area (Å²) in [5.74, 6) is -0.135. The van der Waals surface area contributed by atoms with Crippen molar-refractivity contribution in [1.29, 1.82) is 0 Å². The highest BCUT2D eigenvalue weighted by Crippen LogP contribution is 2.31. The van der Waals surface area contributed by atoms with Gasteiger partial charge in [-0.05, 0) is 24.3 Å². The summed E-state index contributed by atoms with van der Waals surface area (Å²) in [6.07, 6.45) is 3.09. The SMILES string of the molecule is CN(C)C(=O)Cc1nn(-c2ccccc2)c(=O)c2c1c1ccc(Cl)cc1n2C/C=C/CF. The molecule has 4 aromatic rings. The summed E-state index contributed by atoms with van der Waals surface area (Å²) in [6, 6.07) is 14.4. The minimum absolute atomic E-state index is 0.0265. The largest absolute Gasteiger partial charge is 0.348 e. The number of carbonyl (C=O) groups excluding carboxylic acids is 1. The van der Waals surface area contributed by atoms with Gasteiger partial charge in [-0.25, -0.2) is 4.39 Å². The number of carbonyl (C=O) groups is 1. The van der Waals surface area contributed by atoms with Crippen molar-refractivity contribution in [2.45, 2.75) is 13.0 Å². The van der Waals surface area contributed by atoms with Crippen molar-refractivity contribution in [2.24, 2.45) is 0 Å². The molecule has 1 amide bonds. The molecule has 0 atom stereocenters. The number of fused-ring (bicyclic) bond motifs is 3. The van der Waals surface area contributed by atoms with Crippen LogP contribution in [0.2, 0.25) is 5.02 Å². The second-order valence-corrected chi connectivity index (χ2v) is 8.02. The van der Waals surface area contributed by atoms with Crippen molar-refractivity contribution in [3.05, 3.63) is 81.8 Å². The van der Waals surface area contributed by atoms with Crippen LogP contribution in [0.15, 0.2) is 65.5 Å². The molecule has 8 heteroatoms. The van der Waals surface area contributed by atoms with E-state index in [9.17, 15) is 14.0 Å². The van der Waals surface area contributed by atoms with E-state index in [1.165, 1.54) is 15.7 Å². The second kappa shape index (κ2) is 8.96. The number of likely N-dealkylation sites (N-methyl/N-ethyl adjacent to an activating group) is 1. The van der Waals surface area contributed by atoms with Crippen LogP contribution in [0, 0.1) is 0 Å². The Morgan fingerprint density at radius 2 is 1.91 bits per heavy atom. The molecule has 32 heavy (non-hydrogen) atoms. The number of halogens is 2. The number of rotatable bonds is 6. The first-order chi connectivity index (χ1) is 15.4. The molecule has 164 valence electrons. The highest BCUT2D eigenvalue weighted by molar-refractivity contribution is 6.31. The van der Waals surface area contributed by atoms with Gasteiger partial charge in [-0.1, -0.05) is 48.0 Å². The maximum atomic E-state index is 13.7. The first kappa shape index (κ1) is 21.8. The van der Waals surface area contributed by atoms with Crippen LogP contribution in [0.4, 0.5) is 4.39 Å². The van der Waals surface area contributed by atoms with E-state index in [2.05, 4.69) is 5.10 Å². The molecule has 0 aliphatic carbocycles. The zero-order chi connectivity index (χ0) is 22.8. The van der Waals surface area contributed by atoms with Crippen molar-refractivity contribution in [3.63, 3.8) is 0 Å². The maximum absolute atomic E-state index is 13.7. The number of benzene rings is 2. The van der Waals surface area contributed by atoms with Gasteiger partial charge in [0.25, 0.3) is 5.56 Å². The van der Waals surface area contributed by atoms with Crippen LogP contribution in [0.25, 0.3) is 27.5 Å². The Bertz CT molecular complexity index is 1390. The molecule has 0 saturated carbocycles. The third-order valence-electron chi connectivity index (χ3n) is 5.29. The minimum Gasteiger partial charge on any atom is -0.348 e. The van der Waals surface area contributed by atoms with E-state index in [1.807, 2.05) is 24.3 Å². The van der Waals surface area contributed by atoms with Gasteiger partial charge in [0, 0.05) is 36.4 Å². The van der Waals surface area contributed by atoms with Gasteiger partial charge in [-0.3, -0.25) is 9.59 Å². The van der Waals surface area contributed by atoms with Gasteiger partial charge in [-0.15, -0.1) is 0 Å². The first-order valence-corrected chi connectivity index (χ1v) is 10.5. The average molecular weight is 453 g/mol. The van der Waals surface area contributed by atoms with Crippen LogP contribution >= 0.6 is 11.6 Å². The number of para-hydroxylation sites is 1. The summed E-state index contributed by atoms with van der Waals surface area (Å²) in [5.41, 5.74) is 1.87. The second-order valence-electron chi connectivity index (χ2n) is 7.59. The quantitative estimate of drug-likeness (QED) is 0.413. The number of amides is 1. The standard InChI is InChI=1S/C24H22ClFN4O2/c1-28(2)21(31)15-19-22-18-11-10-16(25)14-20(18)29(13-7-6-12-26)23(22)24(32)30(27-19)17-8-4-3-5-9-17/h3-11,14H,12-13,15H2,1-2H3/b7-6+. The van der Waals surface area contributed by atoms with Crippen LogP contribution in [-0.2, 0) is 17.8 Å². The van der Waals surface area contributed by atoms with Gasteiger partial charge in [-0.2, -0.15) is 9.78 Å². The van der Waals surface area contributed by atoms with Crippen LogP contribution in [0.5, 0.6) is 0 Å². The molecule has 0 unspecified atom stereocenters. The zero-order valence-corrected chi connectivity index (χ0v) is 18.5. The number of alkyl halides is 1. The van der Waals surface area contributed by atoms with E-state index in [-0.39, 0.29) is 24.4 Å². The highest BCUT2D eigenvalue weighted by Gasteiger charge is 2.22. The normalized spacial score (nSPS) is 11.6. The summed E-state index contributed by atoms with van der Waals surface area (Å²) in [4.78, 5) is 27.8. The van der Waals surface area contributed by atoms with Crippen molar-refractivity contribution in [2.75, 3.05) is 20.8 Å². The molecule has 2 heterocycles. The summed E-state index contributed by atoms with van der Waals surface area (Å²) in [7, 11) is 3.36. The van der Waals surface area contributed by atoms with E-state index in [4.69, 9.17) is 11.6 Å². The number of hydrogen-bond acceptors (Lipinski definition) is 3. The molecule has 0 radical (unpaired) electrons. The summed E-state index contributed by atoms with van der Waals surface area (Å²) < 4.78 is 15.8. The predicted molar refractivity (Wildman–Crippen MR) is 125 cm³/mol. The fourth-order valence-electron chi connectivity index (χ4n) is 3.76. The molecule has 0 spiro atoms. The van der Waals surface area contributed by atoms with Crippen LogP contribution in [-0.4, -0.2) is 45.9 Å². The molecule has 2 aromatic carbocycles. The van der Waals surface area contributed by atoms with Gasteiger partial charge < -0.3 is 9.47 Å². The zero-order valence-electron chi connectivity index (χ0n) is 17.8. The number of aromatic nitrogens is 3. The van der Waals surface area contributed by atoms with Crippen molar-refractivity contribution in [3.8, 4) is 5.69 Å². The molecule has 0 bridgehead atoms. The fourth-order valence-corrected chi connectivity index (χ4v) is 3.92. The molecule has 0 fully saturated rings. The third kappa shape index (κ3) is 3.91. The number of allylic oxidation sites excluding steroid dienone is 2. The van der Waals surface area contributed by atoms with Crippen LogP contribution < -0.4 is 5.56 Å². The van der Waals surface area contributed by atoms with E-state index in [0.29, 0.717) is 27.3 Å². The van der Waals surface area contributed by atoms with E-state index < -0.39 is 6.67 Å². The van der Waals surface area contributed by atoms with E-state index in [1.54, 1.807) is 49.0 Å². The molecule has 0 N–H and O–H groups in total. The molecule has 4 rings (SSSR count). The van der Waals surface area contributed by atoms with Gasteiger partial charge >= 0.3 is 0 Å². The predicted octanol–water partition coefficient (Wildman–Crippen LogP) is 4.15. The Kier molecular flexibility index (Phi) is 6.10. The monoisotopic (exact) mass is 452 g/mol. The van der Waals surface area contributed by atoms with Crippen molar-refractivity contribution in [1.82, 2.24) is 19.2 Å². The van der Waals surface area contributed by atoms with Gasteiger partial charge in [0.2, 0.25) is 5.91 Å². The number of nitrogens with zero attached hydrogens (tertiary/aromatic N) is 4. The lowest BCUT2D eigenvalue weighted by Crippen LogP contribution is -2.28. The lowest BCUT2D eigenvalue weighted by Gasteiger charge is -2.13. The molecule has 0 aliphatic heterocycles. The van der Waals surface area contributed by atoms with E-state index in [0.717, 1.165) is 10.9 Å². The Balaban J connectivity index is 2.13. The molecule has 0 saturated heterocycles. The minimum atomic E-state index is -0.601. The van der Waals surface area contributed by atoms with Crippen molar-refractivity contribution >= 4 is 39.3 Å². The van der Waals surface area contributed by atoms with E-state index >= 15 is 0 Å². The number of hydrogen-bond donors (Lipinski definition) is 0. The molecule has 2 aromatic heterocycles. The Morgan fingerprint density at radius 3 is 2.59 bits per heavy atom. The smallest absolute Gasteiger partial charge is 0.296 e.